The number of Topliss-reactive ketones (excluding diaryl/α,β-unsaturated/α-hetero) is 2. The molecule has 2 saturated heterocycles. The molecule has 0 aromatic carbocycles. The van der Waals surface area contributed by atoms with Gasteiger partial charge in [-0.1, -0.05) is 41.5 Å². The van der Waals surface area contributed by atoms with Crippen molar-refractivity contribution in [2.45, 2.75) is 65.0 Å². The number of hydrogen-bond donors (Lipinski definition) is 0. The van der Waals surface area contributed by atoms with Gasteiger partial charge in [0.05, 0.1) is 0 Å². The molecule has 0 bridgehead atoms. The first-order valence-corrected chi connectivity index (χ1v) is 6.44. The summed E-state index contributed by atoms with van der Waals surface area (Å²) >= 11 is 0. The molecule has 0 aromatic rings. The van der Waals surface area contributed by atoms with Crippen molar-refractivity contribution >= 4 is 11.6 Å². The van der Waals surface area contributed by atoms with Crippen LogP contribution < -0.4 is 0 Å². The smallest absolute Gasteiger partial charge is 0.200 e. The molecule has 0 unspecified atom stereocenters. The summed E-state index contributed by atoms with van der Waals surface area (Å²) in [5, 5.41) is 0. The first-order valence-electron chi connectivity index (χ1n) is 6.44. The second-order valence-corrected chi connectivity index (χ2v) is 7.70. The molecule has 0 spiro atoms. The first kappa shape index (κ1) is 12.3. The van der Waals surface area contributed by atoms with Gasteiger partial charge in [-0.25, -0.2) is 0 Å². The minimum Gasteiger partial charge on any atom is -0.349 e. The molecular formula is C14H20O4. The average molecular weight is 252 g/mol. The molecule has 3 aliphatic rings. The van der Waals surface area contributed by atoms with E-state index < -0.39 is 23.4 Å². The topological polar surface area (TPSA) is 59.2 Å². The highest BCUT2D eigenvalue weighted by Crippen LogP contribution is 2.65. The number of ether oxygens (including phenoxy) is 2. The monoisotopic (exact) mass is 252 g/mol. The van der Waals surface area contributed by atoms with Crippen molar-refractivity contribution < 1.29 is 19.1 Å². The number of ketones is 2. The highest BCUT2D eigenvalue weighted by molar-refractivity contribution is 6.17. The van der Waals surface area contributed by atoms with Crippen LogP contribution in [-0.4, -0.2) is 35.0 Å². The molecule has 3 fully saturated rings. The maximum absolute atomic E-state index is 12.6. The predicted molar refractivity (Wildman–Crippen MR) is 64.1 cm³/mol. The normalized spacial score (nSPS) is 46.6. The Kier molecular flexibility index (Phi) is 1.86. The first-order chi connectivity index (χ1) is 8.00. The van der Waals surface area contributed by atoms with E-state index in [-0.39, 0.29) is 22.4 Å². The van der Waals surface area contributed by atoms with Crippen LogP contribution in [0.1, 0.15) is 41.5 Å². The van der Waals surface area contributed by atoms with Gasteiger partial charge in [0.1, 0.15) is 0 Å². The molecule has 1 aliphatic carbocycles. The van der Waals surface area contributed by atoms with Crippen LogP contribution in [0.3, 0.4) is 0 Å². The van der Waals surface area contributed by atoms with E-state index in [1.54, 1.807) is 0 Å². The van der Waals surface area contributed by atoms with Crippen molar-refractivity contribution in [2.75, 3.05) is 0 Å². The zero-order chi connectivity index (χ0) is 13.7. The van der Waals surface area contributed by atoms with Gasteiger partial charge in [0, 0.05) is 10.8 Å². The Morgan fingerprint density at radius 1 is 0.778 bits per heavy atom. The summed E-state index contributed by atoms with van der Waals surface area (Å²) < 4.78 is 11.2. The van der Waals surface area contributed by atoms with Crippen molar-refractivity contribution in [3.05, 3.63) is 0 Å². The van der Waals surface area contributed by atoms with Crippen LogP contribution in [0.15, 0.2) is 0 Å². The fourth-order valence-electron chi connectivity index (χ4n) is 3.42. The molecule has 2 aliphatic heterocycles. The Balaban J connectivity index is 2.04. The highest BCUT2D eigenvalue weighted by Gasteiger charge is 2.88. The molecule has 100 valence electrons. The van der Waals surface area contributed by atoms with Crippen LogP contribution in [0.5, 0.6) is 0 Å². The SMILES string of the molecule is CC(C)(C)[C@]12O[C@@H]1C(=O)[C@]1(C(C)(C)C)O[C@@H]1C2=O. The lowest BCUT2D eigenvalue weighted by Crippen LogP contribution is -2.56. The molecule has 4 atom stereocenters. The lowest BCUT2D eigenvalue weighted by atomic mass is 9.63. The van der Waals surface area contributed by atoms with Crippen LogP contribution in [-0.2, 0) is 19.1 Å². The van der Waals surface area contributed by atoms with Gasteiger partial charge in [-0.2, -0.15) is 0 Å². The molecule has 0 amide bonds. The maximum atomic E-state index is 12.6. The van der Waals surface area contributed by atoms with Crippen LogP contribution >= 0.6 is 0 Å². The third-order valence-electron chi connectivity index (χ3n) is 4.67. The number of rotatable bonds is 0. The van der Waals surface area contributed by atoms with Crippen molar-refractivity contribution in [3.63, 3.8) is 0 Å². The fourth-order valence-corrected chi connectivity index (χ4v) is 3.42. The van der Waals surface area contributed by atoms with E-state index in [1.807, 2.05) is 41.5 Å². The number of fused-ring (bicyclic) bond motifs is 2. The van der Waals surface area contributed by atoms with Gasteiger partial charge in [-0.05, 0) is 0 Å². The molecule has 0 N–H and O–H groups in total. The van der Waals surface area contributed by atoms with Crippen LogP contribution in [0.4, 0.5) is 0 Å². The molecule has 4 heteroatoms. The number of hydrogen-bond acceptors (Lipinski definition) is 4. The Morgan fingerprint density at radius 2 is 1.06 bits per heavy atom. The minimum atomic E-state index is -0.944. The molecule has 0 aromatic heterocycles. The van der Waals surface area contributed by atoms with Crippen LogP contribution in [0, 0.1) is 10.8 Å². The van der Waals surface area contributed by atoms with Crippen molar-refractivity contribution in [1.29, 1.82) is 0 Å². The summed E-state index contributed by atoms with van der Waals surface area (Å²) in [4.78, 5) is 25.1. The van der Waals surface area contributed by atoms with Gasteiger partial charge in [0.25, 0.3) is 0 Å². The van der Waals surface area contributed by atoms with E-state index in [0.29, 0.717) is 0 Å². The fraction of sp³-hybridized carbons (Fsp3) is 0.857. The molecule has 4 nitrogen and oxygen atoms in total. The zero-order valence-electron chi connectivity index (χ0n) is 11.8. The molecule has 0 radical (unpaired) electrons. The lowest BCUT2D eigenvalue weighted by molar-refractivity contribution is -0.133. The second-order valence-electron chi connectivity index (χ2n) is 7.70. The second kappa shape index (κ2) is 2.73. The van der Waals surface area contributed by atoms with E-state index in [4.69, 9.17) is 9.47 Å². The van der Waals surface area contributed by atoms with Crippen molar-refractivity contribution in [1.82, 2.24) is 0 Å². The van der Waals surface area contributed by atoms with Crippen LogP contribution in [0.25, 0.3) is 0 Å². The standard InChI is InChI=1S/C14H20O4/c1-11(2,3)13-7(15)10-14(18-10,12(4,5)6)8(16)9(13)17-13/h9-10H,1-6H3/t9-,10-,13-,14+/m1/s1. The third-order valence-corrected chi connectivity index (χ3v) is 4.67. The summed E-state index contributed by atoms with van der Waals surface area (Å²) in [6.45, 7) is 11.6. The van der Waals surface area contributed by atoms with E-state index >= 15 is 0 Å². The van der Waals surface area contributed by atoms with Crippen LogP contribution in [0.2, 0.25) is 0 Å². The molecule has 1 saturated carbocycles. The van der Waals surface area contributed by atoms with E-state index in [1.165, 1.54) is 0 Å². The largest absolute Gasteiger partial charge is 0.349 e. The molecule has 3 rings (SSSR count). The molecule has 2 heterocycles. The Hall–Kier alpha value is -0.740. The Labute approximate surface area is 107 Å². The van der Waals surface area contributed by atoms with E-state index in [0.717, 1.165) is 0 Å². The Bertz CT molecular complexity index is 423. The van der Waals surface area contributed by atoms with Gasteiger partial charge in [0.15, 0.2) is 23.4 Å². The zero-order valence-corrected chi connectivity index (χ0v) is 11.8. The van der Waals surface area contributed by atoms with Gasteiger partial charge < -0.3 is 9.47 Å². The summed E-state index contributed by atoms with van der Waals surface area (Å²) in [5.74, 6) is -0.0935. The lowest BCUT2D eigenvalue weighted by Gasteiger charge is -2.33. The minimum absolute atomic E-state index is 0.0467. The molecular weight excluding hydrogens is 232 g/mol. The highest BCUT2D eigenvalue weighted by atomic mass is 16.7. The summed E-state index contributed by atoms with van der Waals surface area (Å²) in [5.41, 5.74) is -2.64. The Morgan fingerprint density at radius 3 is 1.28 bits per heavy atom. The summed E-state index contributed by atoms with van der Waals surface area (Å²) in [6, 6.07) is 0. The summed E-state index contributed by atoms with van der Waals surface area (Å²) in [6.07, 6.45) is -1.22. The summed E-state index contributed by atoms with van der Waals surface area (Å²) in [7, 11) is 0. The van der Waals surface area contributed by atoms with Gasteiger partial charge in [0.2, 0.25) is 11.6 Å². The number of carbonyl (C=O) groups excluding carboxylic acids is 2. The van der Waals surface area contributed by atoms with Crippen molar-refractivity contribution in [2.24, 2.45) is 10.8 Å². The van der Waals surface area contributed by atoms with E-state index in [2.05, 4.69) is 0 Å². The van der Waals surface area contributed by atoms with Gasteiger partial charge in [-0.15, -0.1) is 0 Å². The van der Waals surface area contributed by atoms with Gasteiger partial charge in [-0.3, -0.25) is 9.59 Å². The van der Waals surface area contributed by atoms with E-state index in [9.17, 15) is 9.59 Å². The third kappa shape index (κ3) is 1.02. The van der Waals surface area contributed by atoms with Gasteiger partial charge >= 0.3 is 0 Å². The number of epoxide rings is 2. The maximum Gasteiger partial charge on any atom is 0.200 e. The quantitative estimate of drug-likeness (QED) is 0.613. The average Bonchev–Trinajstić information content (AvgIpc) is 3.04. The predicted octanol–water partition coefficient (Wildman–Crippen LogP) is 1.51. The number of carbonyl (C=O) groups is 2. The van der Waals surface area contributed by atoms with Crippen molar-refractivity contribution in [3.8, 4) is 0 Å². The molecule has 18 heavy (non-hydrogen) atoms.